The Morgan fingerprint density at radius 3 is 2.38 bits per heavy atom. The Labute approximate surface area is 146 Å². The van der Waals surface area contributed by atoms with E-state index in [4.69, 9.17) is 17.0 Å². The van der Waals surface area contributed by atoms with Gasteiger partial charge in [0, 0.05) is 19.6 Å². The molecule has 0 radical (unpaired) electrons. The minimum atomic E-state index is -0.392. The lowest BCUT2D eigenvalue weighted by Gasteiger charge is -2.24. The molecule has 0 unspecified atom stereocenters. The molecule has 3 nitrogen and oxygen atoms in total. The number of thiocarbonyl (C=S) groups is 1. The molecule has 24 heavy (non-hydrogen) atoms. The topological polar surface area (TPSA) is 24.5 Å². The third-order valence-corrected chi connectivity index (χ3v) is 4.02. The van der Waals surface area contributed by atoms with Crippen molar-refractivity contribution < 1.29 is 13.5 Å². The van der Waals surface area contributed by atoms with Gasteiger partial charge in [-0.25, -0.2) is 8.78 Å². The molecule has 0 aromatic heterocycles. The molecule has 0 spiro atoms. The first-order valence-corrected chi connectivity index (χ1v) is 8.04. The van der Waals surface area contributed by atoms with Gasteiger partial charge in [0.2, 0.25) is 0 Å². The standard InChI is InChI=1S/C18H20F2N2OS/c1-3-22(12-14-6-9-17(23-2)16(20)10-14)18(24)21-11-13-4-7-15(19)8-5-13/h4-10H,3,11-12H2,1-2H3,(H,21,24). The van der Waals surface area contributed by atoms with Crippen LogP contribution in [0.15, 0.2) is 42.5 Å². The van der Waals surface area contributed by atoms with Gasteiger partial charge in [0.1, 0.15) is 5.82 Å². The lowest BCUT2D eigenvalue weighted by molar-refractivity contribution is 0.384. The Bertz CT molecular complexity index is 692. The van der Waals surface area contributed by atoms with E-state index in [-0.39, 0.29) is 11.6 Å². The summed E-state index contributed by atoms with van der Waals surface area (Å²) in [5.74, 6) is -0.437. The summed E-state index contributed by atoms with van der Waals surface area (Å²) in [7, 11) is 1.44. The van der Waals surface area contributed by atoms with Crippen LogP contribution in [-0.2, 0) is 13.1 Å². The minimum absolute atomic E-state index is 0.221. The van der Waals surface area contributed by atoms with Crippen LogP contribution in [-0.4, -0.2) is 23.7 Å². The summed E-state index contributed by atoms with van der Waals surface area (Å²) in [6.07, 6.45) is 0. The molecule has 0 heterocycles. The van der Waals surface area contributed by atoms with Crippen molar-refractivity contribution in [3.63, 3.8) is 0 Å². The van der Waals surface area contributed by atoms with Gasteiger partial charge in [0.05, 0.1) is 7.11 Å². The van der Waals surface area contributed by atoms with Crippen LogP contribution in [0.25, 0.3) is 0 Å². The molecule has 0 aliphatic carbocycles. The Balaban J connectivity index is 1.95. The first-order chi connectivity index (χ1) is 11.5. The van der Waals surface area contributed by atoms with Crippen molar-refractivity contribution in [2.24, 2.45) is 0 Å². The van der Waals surface area contributed by atoms with Crippen molar-refractivity contribution in [1.82, 2.24) is 10.2 Å². The highest BCUT2D eigenvalue weighted by Gasteiger charge is 2.10. The molecule has 0 atom stereocenters. The number of ether oxygens (including phenoxy) is 1. The second kappa shape index (κ2) is 8.59. The number of halogens is 2. The maximum absolute atomic E-state index is 13.8. The van der Waals surface area contributed by atoms with Gasteiger partial charge in [-0.3, -0.25) is 0 Å². The summed E-state index contributed by atoms with van der Waals surface area (Å²) in [4.78, 5) is 1.93. The van der Waals surface area contributed by atoms with Gasteiger partial charge in [0.25, 0.3) is 0 Å². The SMILES string of the molecule is CCN(Cc1ccc(OC)c(F)c1)C(=S)NCc1ccc(F)cc1. The maximum atomic E-state index is 13.8. The van der Waals surface area contributed by atoms with Crippen molar-refractivity contribution in [3.8, 4) is 5.75 Å². The van der Waals surface area contributed by atoms with Crippen LogP contribution < -0.4 is 10.1 Å². The highest BCUT2D eigenvalue weighted by atomic mass is 32.1. The summed E-state index contributed by atoms with van der Waals surface area (Å²) in [6.45, 7) is 3.66. The van der Waals surface area contributed by atoms with Gasteiger partial charge in [-0.15, -0.1) is 0 Å². The summed E-state index contributed by atoms with van der Waals surface area (Å²) < 4.78 is 31.6. The Kier molecular flexibility index (Phi) is 6.49. The molecular formula is C18H20F2N2OS. The molecular weight excluding hydrogens is 330 g/mol. The van der Waals surface area contributed by atoms with Crippen LogP contribution in [0.5, 0.6) is 5.75 Å². The van der Waals surface area contributed by atoms with Crippen LogP contribution in [0.4, 0.5) is 8.78 Å². The van der Waals surface area contributed by atoms with E-state index in [1.807, 2.05) is 17.9 Å². The summed E-state index contributed by atoms with van der Waals surface area (Å²) in [5, 5.41) is 3.71. The largest absolute Gasteiger partial charge is 0.494 e. The molecule has 0 fully saturated rings. The van der Waals surface area contributed by atoms with Gasteiger partial charge in [-0.2, -0.15) is 0 Å². The first kappa shape index (κ1) is 18.1. The van der Waals surface area contributed by atoms with Gasteiger partial charge >= 0.3 is 0 Å². The highest BCUT2D eigenvalue weighted by Crippen LogP contribution is 2.18. The number of hydrogen-bond donors (Lipinski definition) is 1. The zero-order valence-corrected chi connectivity index (χ0v) is 14.5. The average molecular weight is 350 g/mol. The third-order valence-electron chi connectivity index (χ3n) is 3.62. The monoisotopic (exact) mass is 350 g/mol. The molecule has 0 amide bonds. The number of methoxy groups -OCH3 is 1. The zero-order chi connectivity index (χ0) is 17.5. The Morgan fingerprint density at radius 2 is 1.79 bits per heavy atom. The first-order valence-electron chi connectivity index (χ1n) is 7.63. The molecule has 0 aliphatic heterocycles. The van der Waals surface area contributed by atoms with Gasteiger partial charge in [-0.05, 0) is 54.5 Å². The normalized spacial score (nSPS) is 10.3. The Morgan fingerprint density at radius 1 is 1.12 bits per heavy atom. The number of rotatable bonds is 6. The number of nitrogens with one attached hydrogen (secondary N) is 1. The quantitative estimate of drug-likeness (QED) is 0.800. The third kappa shape index (κ3) is 4.89. The van der Waals surface area contributed by atoms with E-state index in [0.717, 1.165) is 11.1 Å². The van der Waals surface area contributed by atoms with Gasteiger partial charge in [0.15, 0.2) is 16.7 Å². The predicted molar refractivity (Wildman–Crippen MR) is 94.9 cm³/mol. The minimum Gasteiger partial charge on any atom is -0.494 e. The van der Waals surface area contributed by atoms with E-state index in [2.05, 4.69) is 5.32 Å². The van der Waals surface area contributed by atoms with Crippen LogP contribution in [0.2, 0.25) is 0 Å². The molecule has 2 aromatic rings. The fourth-order valence-corrected chi connectivity index (χ4v) is 2.51. The Hall–Kier alpha value is -2.21. The second-order valence-corrected chi connectivity index (χ2v) is 5.65. The van der Waals surface area contributed by atoms with E-state index in [1.54, 1.807) is 18.2 Å². The molecule has 128 valence electrons. The molecule has 2 rings (SSSR count). The van der Waals surface area contributed by atoms with Crippen molar-refractivity contribution in [3.05, 3.63) is 65.2 Å². The molecule has 0 saturated carbocycles. The average Bonchev–Trinajstić information content (AvgIpc) is 2.59. The van der Waals surface area contributed by atoms with E-state index in [9.17, 15) is 8.78 Å². The van der Waals surface area contributed by atoms with E-state index in [0.29, 0.717) is 24.7 Å². The van der Waals surface area contributed by atoms with Gasteiger partial charge < -0.3 is 15.0 Å². The lowest BCUT2D eigenvalue weighted by atomic mass is 10.2. The maximum Gasteiger partial charge on any atom is 0.169 e. The molecule has 0 bridgehead atoms. The van der Waals surface area contributed by atoms with Crippen LogP contribution in [0, 0.1) is 11.6 Å². The van der Waals surface area contributed by atoms with Crippen molar-refractivity contribution >= 4 is 17.3 Å². The fourth-order valence-electron chi connectivity index (χ4n) is 2.25. The molecule has 0 saturated heterocycles. The molecule has 1 N–H and O–H groups in total. The summed E-state index contributed by atoms with van der Waals surface area (Å²) >= 11 is 5.40. The molecule has 6 heteroatoms. The van der Waals surface area contributed by atoms with E-state index in [1.165, 1.54) is 25.3 Å². The zero-order valence-electron chi connectivity index (χ0n) is 13.7. The van der Waals surface area contributed by atoms with Gasteiger partial charge in [-0.1, -0.05) is 18.2 Å². The summed E-state index contributed by atoms with van der Waals surface area (Å²) in [6, 6.07) is 11.1. The number of benzene rings is 2. The van der Waals surface area contributed by atoms with Crippen LogP contribution in [0.1, 0.15) is 18.1 Å². The van der Waals surface area contributed by atoms with Crippen molar-refractivity contribution in [2.45, 2.75) is 20.0 Å². The number of hydrogen-bond acceptors (Lipinski definition) is 2. The number of nitrogens with zero attached hydrogens (tertiary/aromatic N) is 1. The smallest absolute Gasteiger partial charge is 0.169 e. The van der Waals surface area contributed by atoms with Crippen LogP contribution in [0.3, 0.4) is 0 Å². The van der Waals surface area contributed by atoms with Crippen LogP contribution >= 0.6 is 12.2 Å². The summed E-state index contributed by atoms with van der Waals surface area (Å²) in [5.41, 5.74) is 1.74. The van der Waals surface area contributed by atoms with Crippen molar-refractivity contribution in [1.29, 1.82) is 0 Å². The molecule has 2 aromatic carbocycles. The fraction of sp³-hybridized carbons (Fsp3) is 0.278. The van der Waals surface area contributed by atoms with E-state index >= 15 is 0 Å². The molecule has 0 aliphatic rings. The second-order valence-electron chi connectivity index (χ2n) is 5.27. The lowest BCUT2D eigenvalue weighted by Crippen LogP contribution is -2.38. The van der Waals surface area contributed by atoms with Crippen molar-refractivity contribution in [2.75, 3.05) is 13.7 Å². The predicted octanol–water partition coefficient (Wildman–Crippen LogP) is 3.87. The van der Waals surface area contributed by atoms with E-state index < -0.39 is 5.82 Å². The highest BCUT2D eigenvalue weighted by molar-refractivity contribution is 7.80.